The summed E-state index contributed by atoms with van der Waals surface area (Å²) in [4.78, 5) is 5.30. The van der Waals surface area contributed by atoms with E-state index in [1.807, 2.05) is 7.05 Å². The second-order valence-corrected chi connectivity index (χ2v) is 7.31. The van der Waals surface area contributed by atoms with Gasteiger partial charge in [0.2, 0.25) is 0 Å². The average molecular weight is 352 g/mol. The molecule has 2 aliphatic rings. The lowest BCUT2D eigenvalue weighted by atomic mass is 9.96. The first-order valence-corrected chi connectivity index (χ1v) is 8.92. The van der Waals surface area contributed by atoms with Crippen LogP contribution in [0.15, 0.2) is 22.7 Å². The van der Waals surface area contributed by atoms with Gasteiger partial charge in [-0.15, -0.1) is 0 Å². The lowest BCUT2D eigenvalue weighted by Crippen LogP contribution is -2.58. The number of piperidine rings is 1. The van der Waals surface area contributed by atoms with Crippen LogP contribution in [0.3, 0.4) is 0 Å². The molecular weight excluding hydrogens is 326 g/mol. The van der Waals surface area contributed by atoms with Crippen molar-refractivity contribution >= 4 is 21.6 Å². The molecule has 2 unspecified atom stereocenters. The van der Waals surface area contributed by atoms with Gasteiger partial charge in [-0.3, -0.25) is 4.90 Å². The zero-order chi connectivity index (χ0) is 14.8. The molecule has 4 heteroatoms. The molecule has 0 saturated carbocycles. The smallest absolute Gasteiger partial charge is 0.0389 e. The van der Waals surface area contributed by atoms with Crippen molar-refractivity contribution in [2.45, 2.75) is 44.8 Å². The lowest BCUT2D eigenvalue weighted by Gasteiger charge is -2.48. The van der Waals surface area contributed by atoms with Gasteiger partial charge in [-0.25, -0.2) is 0 Å². The predicted octanol–water partition coefficient (Wildman–Crippen LogP) is 3.23. The minimum atomic E-state index is 0.599. The molecule has 0 aromatic heterocycles. The lowest BCUT2D eigenvalue weighted by molar-refractivity contribution is 0.115. The molecule has 1 N–H and O–H groups in total. The van der Waals surface area contributed by atoms with Gasteiger partial charge in [0, 0.05) is 41.9 Å². The summed E-state index contributed by atoms with van der Waals surface area (Å²) >= 11 is 3.73. The molecule has 3 nitrogen and oxygen atoms in total. The zero-order valence-electron chi connectivity index (χ0n) is 13.1. The van der Waals surface area contributed by atoms with Crippen LogP contribution in [0.5, 0.6) is 0 Å². The standard InChI is InChI=1S/C17H26BrN3/c1-13-11-20-8-4-3-5-16(20)12-21(13)15-7-6-14(10-19-2)17(18)9-15/h6-7,9,13,16,19H,3-5,8,10-12H2,1-2H3. The van der Waals surface area contributed by atoms with Gasteiger partial charge < -0.3 is 10.2 Å². The number of rotatable bonds is 3. The minimum Gasteiger partial charge on any atom is -0.366 e. The molecule has 1 aromatic carbocycles. The number of anilines is 1. The van der Waals surface area contributed by atoms with Crippen LogP contribution in [0.1, 0.15) is 31.7 Å². The van der Waals surface area contributed by atoms with Crippen LogP contribution in [0.2, 0.25) is 0 Å². The largest absolute Gasteiger partial charge is 0.366 e. The van der Waals surface area contributed by atoms with E-state index >= 15 is 0 Å². The van der Waals surface area contributed by atoms with Gasteiger partial charge in [0.05, 0.1) is 0 Å². The van der Waals surface area contributed by atoms with Crippen molar-refractivity contribution < 1.29 is 0 Å². The molecule has 21 heavy (non-hydrogen) atoms. The summed E-state index contributed by atoms with van der Waals surface area (Å²) in [6, 6.07) is 8.18. The molecule has 2 heterocycles. The van der Waals surface area contributed by atoms with Crippen molar-refractivity contribution in [2.24, 2.45) is 0 Å². The van der Waals surface area contributed by atoms with E-state index in [4.69, 9.17) is 0 Å². The van der Waals surface area contributed by atoms with E-state index in [0.29, 0.717) is 6.04 Å². The Balaban J connectivity index is 1.77. The zero-order valence-corrected chi connectivity index (χ0v) is 14.7. The molecule has 116 valence electrons. The summed E-state index contributed by atoms with van der Waals surface area (Å²) in [6.07, 6.45) is 4.14. The minimum absolute atomic E-state index is 0.599. The van der Waals surface area contributed by atoms with Crippen molar-refractivity contribution in [3.63, 3.8) is 0 Å². The molecule has 2 fully saturated rings. The molecule has 2 atom stereocenters. The fourth-order valence-corrected chi connectivity index (χ4v) is 4.27. The topological polar surface area (TPSA) is 18.5 Å². The third-order valence-electron chi connectivity index (χ3n) is 4.92. The first kappa shape index (κ1) is 15.3. The summed E-state index contributed by atoms with van der Waals surface area (Å²) in [5, 5.41) is 3.22. The number of piperazine rings is 1. The van der Waals surface area contributed by atoms with Crippen molar-refractivity contribution in [3.8, 4) is 0 Å². The Morgan fingerprint density at radius 2 is 2.14 bits per heavy atom. The molecule has 3 rings (SSSR count). The van der Waals surface area contributed by atoms with Crippen molar-refractivity contribution in [1.29, 1.82) is 0 Å². The van der Waals surface area contributed by atoms with Crippen LogP contribution < -0.4 is 10.2 Å². The van der Waals surface area contributed by atoms with Crippen LogP contribution in [-0.4, -0.2) is 43.7 Å². The van der Waals surface area contributed by atoms with Crippen LogP contribution in [0.25, 0.3) is 0 Å². The Kier molecular flexibility index (Phi) is 4.87. The molecule has 2 aliphatic heterocycles. The second-order valence-electron chi connectivity index (χ2n) is 6.45. The Labute approximate surface area is 136 Å². The highest BCUT2D eigenvalue weighted by molar-refractivity contribution is 9.10. The van der Waals surface area contributed by atoms with E-state index in [2.05, 4.69) is 56.2 Å². The number of nitrogens with zero attached hydrogens (tertiary/aromatic N) is 2. The third kappa shape index (κ3) is 3.27. The van der Waals surface area contributed by atoms with Crippen LogP contribution in [0.4, 0.5) is 5.69 Å². The molecule has 0 spiro atoms. The van der Waals surface area contributed by atoms with Gasteiger partial charge >= 0.3 is 0 Å². The SMILES string of the molecule is CNCc1ccc(N2CC3CCCCN3CC2C)cc1Br. The van der Waals surface area contributed by atoms with E-state index in [9.17, 15) is 0 Å². The number of hydrogen-bond acceptors (Lipinski definition) is 3. The number of fused-ring (bicyclic) bond motifs is 1. The number of benzene rings is 1. The normalized spacial score (nSPS) is 26.7. The maximum absolute atomic E-state index is 3.73. The Morgan fingerprint density at radius 1 is 1.29 bits per heavy atom. The molecule has 0 aliphatic carbocycles. The van der Waals surface area contributed by atoms with Gasteiger partial charge in [-0.1, -0.05) is 28.4 Å². The fraction of sp³-hybridized carbons (Fsp3) is 0.647. The molecule has 1 aromatic rings. The Bertz CT molecular complexity index is 491. The van der Waals surface area contributed by atoms with Crippen LogP contribution in [0, 0.1) is 0 Å². The quantitative estimate of drug-likeness (QED) is 0.901. The van der Waals surface area contributed by atoms with Crippen LogP contribution in [-0.2, 0) is 6.54 Å². The van der Waals surface area contributed by atoms with E-state index < -0.39 is 0 Å². The summed E-state index contributed by atoms with van der Waals surface area (Å²) in [5.74, 6) is 0. The van der Waals surface area contributed by atoms with E-state index in [-0.39, 0.29) is 0 Å². The van der Waals surface area contributed by atoms with Gasteiger partial charge in [0.25, 0.3) is 0 Å². The maximum Gasteiger partial charge on any atom is 0.0389 e. The highest BCUT2D eigenvalue weighted by Gasteiger charge is 2.33. The first-order chi connectivity index (χ1) is 10.2. The summed E-state index contributed by atoms with van der Waals surface area (Å²) in [6.45, 7) is 6.96. The number of nitrogens with one attached hydrogen (secondary N) is 1. The highest BCUT2D eigenvalue weighted by Crippen LogP contribution is 2.30. The predicted molar refractivity (Wildman–Crippen MR) is 92.9 cm³/mol. The summed E-state index contributed by atoms with van der Waals surface area (Å²) in [5.41, 5.74) is 2.68. The Morgan fingerprint density at radius 3 is 2.90 bits per heavy atom. The van der Waals surface area contributed by atoms with Gasteiger partial charge in [-0.05, 0) is 51.1 Å². The van der Waals surface area contributed by atoms with Crippen LogP contribution >= 0.6 is 15.9 Å². The number of halogens is 1. The number of hydrogen-bond donors (Lipinski definition) is 1. The van der Waals surface area contributed by atoms with E-state index in [1.165, 1.54) is 54.6 Å². The fourth-order valence-electron chi connectivity index (χ4n) is 3.76. The molecule has 0 radical (unpaired) electrons. The highest BCUT2D eigenvalue weighted by atomic mass is 79.9. The molecule has 0 bridgehead atoms. The average Bonchev–Trinajstić information content (AvgIpc) is 2.49. The monoisotopic (exact) mass is 351 g/mol. The van der Waals surface area contributed by atoms with E-state index in [0.717, 1.165) is 12.6 Å². The Hall–Kier alpha value is -0.580. The first-order valence-electron chi connectivity index (χ1n) is 8.12. The summed E-state index contributed by atoms with van der Waals surface area (Å²) < 4.78 is 1.22. The summed E-state index contributed by atoms with van der Waals surface area (Å²) in [7, 11) is 1.99. The van der Waals surface area contributed by atoms with Gasteiger partial charge in [-0.2, -0.15) is 0 Å². The van der Waals surface area contributed by atoms with Crippen molar-refractivity contribution in [1.82, 2.24) is 10.2 Å². The molecular formula is C17H26BrN3. The van der Waals surface area contributed by atoms with Gasteiger partial charge in [0.15, 0.2) is 0 Å². The molecule has 2 saturated heterocycles. The molecule has 0 amide bonds. The van der Waals surface area contributed by atoms with Gasteiger partial charge in [0.1, 0.15) is 0 Å². The van der Waals surface area contributed by atoms with Crippen molar-refractivity contribution in [2.75, 3.05) is 31.6 Å². The second kappa shape index (κ2) is 6.67. The van der Waals surface area contributed by atoms with E-state index in [1.54, 1.807) is 0 Å². The van der Waals surface area contributed by atoms with Crippen molar-refractivity contribution in [3.05, 3.63) is 28.2 Å². The maximum atomic E-state index is 3.73. The third-order valence-corrected chi connectivity index (χ3v) is 5.66.